The van der Waals surface area contributed by atoms with Gasteiger partial charge < -0.3 is 9.47 Å². The smallest absolute Gasteiger partial charge is 0.189 e. The molecule has 0 N–H and O–H groups in total. The van der Waals surface area contributed by atoms with Crippen LogP contribution < -0.4 is 4.74 Å². The van der Waals surface area contributed by atoms with Crippen LogP contribution in [0.3, 0.4) is 0 Å². The van der Waals surface area contributed by atoms with E-state index in [1.54, 1.807) is 6.07 Å². The molecule has 1 heterocycles. The fourth-order valence-electron chi connectivity index (χ4n) is 3.55. The Kier molecular flexibility index (Phi) is 4.67. The van der Waals surface area contributed by atoms with Crippen molar-refractivity contribution in [3.63, 3.8) is 0 Å². The van der Waals surface area contributed by atoms with Gasteiger partial charge in [-0.25, -0.2) is 4.39 Å². The van der Waals surface area contributed by atoms with Gasteiger partial charge in [-0.15, -0.1) is 0 Å². The molecule has 5 heteroatoms. The maximum Gasteiger partial charge on any atom is 0.189 e. The summed E-state index contributed by atoms with van der Waals surface area (Å²) in [6, 6.07) is 11.3. The number of rotatable bonds is 5. The van der Waals surface area contributed by atoms with Crippen molar-refractivity contribution in [1.82, 2.24) is 4.90 Å². The van der Waals surface area contributed by atoms with Crippen LogP contribution in [0.1, 0.15) is 42.5 Å². The van der Waals surface area contributed by atoms with E-state index in [0.717, 1.165) is 35.3 Å². The normalized spacial score (nSPS) is 17.9. The van der Waals surface area contributed by atoms with Crippen molar-refractivity contribution in [2.24, 2.45) is 0 Å². The lowest BCUT2D eigenvalue weighted by Gasteiger charge is -2.31. The molecular formula is C20H21ClFNO2. The Hall–Kier alpha value is -1.62. The number of fused-ring (bicyclic) bond motifs is 1. The fourth-order valence-corrected chi connectivity index (χ4v) is 3.82. The summed E-state index contributed by atoms with van der Waals surface area (Å²) in [6.45, 7) is 3.52. The second kappa shape index (κ2) is 6.94. The molecule has 2 aromatic carbocycles. The molecule has 1 unspecified atom stereocenters. The molecule has 0 saturated heterocycles. The van der Waals surface area contributed by atoms with Gasteiger partial charge in [0.1, 0.15) is 11.6 Å². The van der Waals surface area contributed by atoms with Crippen molar-refractivity contribution in [2.75, 3.05) is 6.79 Å². The lowest BCUT2D eigenvalue weighted by Crippen LogP contribution is -2.30. The van der Waals surface area contributed by atoms with E-state index in [1.807, 2.05) is 24.3 Å². The van der Waals surface area contributed by atoms with E-state index >= 15 is 0 Å². The molecule has 0 amide bonds. The molecule has 25 heavy (non-hydrogen) atoms. The van der Waals surface area contributed by atoms with E-state index in [1.165, 1.54) is 6.07 Å². The van der Waals surface area contributed by atoms with Crippen LogP contribution in [-0.2, 0) is 17.9 Å². The van der Waals surface area contributed by atoms with Crippen LogP contribution in [-0.4, -0.2) is 17.7 Å². The molecule has 0 aromatic heterocycles. The van der Waals surface area contributed by atoms with E-state index in [2.05, 4.69) is 11.8 Å². The quantitative estimate of drug-likeness (QED) is 0.742. The van der Waals surface area contributed by atoms with E-state index in [9.17, 15) is 4.39 Å². The zero-order valence-corrected chi connectivity index (χ0v) is 14.9. The van der Waals surface area contributed by atoms with Crippen LogP contribution in [0.5, 0.6) is 5.75 Å². The number of benzene rings is 2. The van der Waals surface area contributed by atoms with Gasteiger partial charge in [0.15, 0.2) is 6.79 Å². The summed E-state index contributed by atoms with van der Waals surface area (Å²) in [7, 11) is 0. The van der Waals surface area contributed by atoms with Crippen molar-refractivity contribution in [3.8, 4) is 5.75 Å². The lowest BCUT2D eigenvalue weighted by molar-refractivity contribution is -0.0176. The SMILES string of the molecule is CC(c1ccccc1F)N(Cc1cc(Cl)cc2c1OCOC2)C1CC1. The van der Waals surface area contributed by atoms with Crippen LogP contribution >= 0.6 is 11.6 Å². The van der Waals surface area contributed by atoms with Gasteiger partial charge in [-0.3, -0.25) is 4.90 Å². The highest BCUT2D eigenvalue weighted by molar-refractivity contribution is 6.30. The number of ether oxygens (including phenoxy) is 2. The molecule has 0 spiro atoms. The highest BCUT2D eigenvalue weighted by Crippen LogP contribution is 2.39. The molecule has 2 aromatic rings. The Morgan fingerprint density at radius 3 is 2.84 bits per heavy atom. The zero-order valence-electron chi connectivity index (χ0n) is 14.2. The largest absolute Gasteiger partial charge is 0.467 e. The van der Waals surface area contributed by atoms with Crippen molar-refractivity contribution >= 4 is 11.6 Å². The summed E-state index contributed by atoms with van der Waals surface area (Å²) in [5.41, 5.74) is 2.75. The van der Waals surface area contributed by atoms with Gasteiger partial charge in [-0.1, -0.05) is 29.8 Å². The number of hydrogen-bond acceptors (Lipinski definition) is 3. The minimum atomic E-state index is -0.154. The monoisotopic (exact) mass is 361 g/mol. The Morgan fingerprint density at radius 1 is 1.28 bits per heavy atom. The van der Waals surface area contributed by atoms with Crippen LogP contribution in [0.15, 0.2) is 36.4 Å². The maximum absolute atomic E-state index is 14.3. The summed E-state index contributed by atoms with van der Waals surface area (Å²) in [5.74, 6) is 0.709. The Labute approximate surface area is 152 Å². The summed E-state index contributed by atoms with van der Waals surface area (Å²) < 4.78 is 25.4. The molecule has 1 aliphatic heterocycles. The van der Waals surface area contributed by atoms with Crippen LogP contribution in [0, 0.1) is 5.82 Å². The maximum atomic E-state index is 14.3. The van der Waals surface area contributed by atoms with E-state index in [0.29, 0.717) is 24.2 Å². The van der Waals surface area contributed by atoms with Crippen LogP contribution in [0.25, 0.3) is 0 Å². The molecule has 1 saturated carbocycles. The minimum Gasteiger partial charge on any atom is -0.467 e. The van der Waals surface area contributed by atoms with Crippen LogP contribution in [0.2, 0.25) is 5.02 Å². The highest BCUT2D eigenvalue weighted by atomic mass is 35.5. The van der Waals surface area contributed by atoms with Crippen LogP contribution in [0.4, 0.5) is 4.39 Å². The lowest BCUT2D eigenvalue weighted by atomic mass is 10.0. The number of halogens is 2. The first-order valence-corrected chi connectivity index (χ1v) is 9.03. The van der Waals surface area contributed by atoms with Crippen molar-refractivity contribution in [1.29, 1.82) is 0 Å². The topological polar surface area (TPSA) is 21.7 Å². The van der Waals surface area contributed by atoms with Crippen molar-refractivity contribution in [3.05, 3.63) is 63.9 Å². The Balaban J connectivity index is 1.65. The van der Waals surface area contributed by atoms with E-state index < -0.39 is 0 Å². The minimum absolute atomic E-state index is 0.0110. The third-order valence-electron chi connectivity index (χ3n) is 4.97. The second-order valence-corrected chi connectivity index (χ2v) is 7.20. The average molecular weight is 362 g/mol. The number of hydrogen-bond donors (Lipinski definition) is 0. The third kappa shape index (κ3) is 3.52. The van der Waals surface area contributed by atoms with Crippen molar-refractivity contribution < 1.29 is 13.9 Å². The highest BCUT2D eigenvalue weighted by Gasteiger charge is 2.34. The molecule has 0 bridgehead atoms. The predicted molar refractivity (Wildman–Crippen MR) is 95.1 cm³/mol. The van der Waals surface area contributed by atoms with Gasteiger partial charge in [-0.05, 0) is 38.0 Å². The van der Waals surface area contributed by atoms with Gasteiger partial charge in [0.25, 0.3) is 0 Å². The van der Waals surface area contributed by atoms with Gasteiger partial charge in [-0.2, -0.15) is 0 Å². The molecule has 2 aliphatic rings. The molecule has 3 nitrogen and oxygen atoms in total. The Morgan fingerprint density at radius 2 is 2.08 bits per heavy atom. The van der Waals surface area contributed by atoms with Crippen molar-refractivity contribution in [2.45, 2.75) is 45.0 Å². The number of nitrogens with zero attached hydrogens (tertiary/aromatic N) is 1. The summed E-state index contributed by atoms with van der Waals surface area (Å²) in [4.78, 5) is 2.35. The molecular weight excluding hydrogens is 341 g/mol. The first-order chi connectivity index (χ1) is 12.1. The molecule has 1 atom stereocenters. The zero-order chi connectivity index (χ0) is 17.4. The predicted octanol–water partition coefficient (Wildman–Crippen LogP) is 5.07. The summed E-state index contributed by atoms with van der Waals surface area (Å²) in [5, 5.41) is 0.678. The first kappa shape index (κ1) is 16.8. The third-order valence-corrected chi connectivity index (χ3v) is 5.19. The second-order valence-electron chi connectivity index (χ2n) is 6.76. The van der Waals surface area contributed by atoms with Gasteiger partial charge in [0, 0.05) is 40.3 Å². The Bertz CT molecular complexity index is 778. The average Bonchev–Trinajstić information content (AvgIpc) is 3.44. The first-order valence-electron chi connectivity index (χ1n) is 8.65. The summed E-state index contributed by atoms with van der Waals surface area (Å²) >= 11 is 6.29. The van der Waals surface area contributed by atoms with Gasteiger partial charge in [0.05, 0.1) is 6.61 Å². The fraction of sp³-hybridized carbons (Fsp3) is 0.400. The molecule has 0 radical (unpaired) electrons. The molecule has 1 fully saturated rings. The van der Waals surface area contributed by atoms with E-state index in [4.69, 9.17) is 21.1 Å². The summed E-state index contributed by atoms with van der Waals surface area (Å²) in [6.07, 6.45) is 2.29. The molecule has 132 valence electrons. The standard InChI is InChI=1S/C20H21ClFNO2/c1-13(18-4-2-3-5-19(18)22)23(17-6-7-17)10-14-8-16(21)9-15-11-24-12-25-20(14)15/h2-5,8-9,13,17H,6-7,10-12H2,1H3. The molecule has 1 aliphatic carbocycles. The van der Waals surface area contributed by atoms with Gasteiger partial charge >= 0.3 is 0 Å². The van der Waals surface area contributed by atoms with Gasteiger partial charge in [0.2, 0.25) is 0 Å². The van der Waals surface area contributed by atoms with E-state index in [-0.39, 0.29) is 18.7 Å². The molecule has 4 rings (SSSR count).